The van der Waals surface area contributed by atoms with Crippen LogP contribution in [-0.4, -0.2) is 54.4 Å². The van der Waals surface area contributed by atoms with Crippen LogP contribution in [0.1, 0.15) is 23.9 Å². The van der Waals surface area contributed by atoms with Crippen molar-refractivity contribution < 1.29 is 9.90 Å². The molecule has 0 aliphatic carbocycles. The lowest BCUT2D eigenvalue weighted by atomic mass is 9.91. The zero-order valence-corrected chi connectivity index (χ0v) is 10.9. The van der Waals surface area contributed by atoms with Crippen molar-refractivity contribution in [1.82, 2.24) is 30.3 Å². The zero-order valence-electron chi connectivity index (χ0n) is 10.9. The third kappa shape index (κ3) is 2.69. The van der Waals surface area contributed by atoms with E-state index in [4.69, 9.17) is 5.11 Å². The van der Waals surface area contributed by atoms with Gasteiger partial charge in [0.05, 0.1) is 24.9 Å². The summed E-state index contributed by atoms with van der Waals surface area (Å²) in [6.45, 7) is 2.19. The molecule has 8 nitrogen and oxygen atoms in total. The van der Waals surface area contributed by atoms with Crippen LogP contribution in [0.4, 0.5) is 0 Å². The van der Waals surface area contributed by atoms with E-state index >= 15 is 0 Å². The van der Waals surface area contributed by atoms with Crippen LogP contribution in [0.2, 0.25) is 0 Å². The molecule has 0 aromatic carbocycles. The molecule has 2 atom stereocenters. The van der Waals surface area contributed by atoms with Crippen molar-refractivity contribution in [3.63, 3.8) is 0 Å². The van der Waals surface area contributed by atoms with Gasteiger partial charge in [-0.2, -0.15) is 15.4 Å². The fourth-order valence-electron chi connectivity index (χ4n) is 2.84. The Morgan fingerprint density at radius 2 is 2.40 bits per heavy atom. The number of H-pyrrole nitrogens is 2. The molecule has 0 radical (unpaired) electrons. The number of likely N-dealkylation sites (tertiary alicyclic amines) is 1. The highest BCUT2D eigenvalue weighted by atomic mass is 16.4. The first-order valence-electron chi connectivity index (χ1n) is 6.50. The van der Waals surface area contributed by atoms with Crippen LogP contribution in [0.3, 0.4) is 0 Å². The number of carbonyl (C=O) groups is 1. The largest absolute Gasteiger partial charge is 0.481 e. The Hall–Kier alpha value is -2.22. The number of hydrogen-bond acceptors (Lipinski definition) is 5. The molecule has 1 aliphatic heterocycles. The summed E-state index contributed by atoms with van der Waals surface area (Å²) in [4.78, 5) is 20.5. The average molecular weight is 276 g/mol. The number of nitrogens with zero attached hydrogens (tertiary/aromatic N) is 4. The Labute approximate surface area is 115 Å². The standard InChI is InChI=1S/C12H16N6O2/c19-12(20)3-8-5-18(7-11-13-1-2-14-11)6-9(8)10-4-15-17-16-10/h1-2,4,8-9H,3,5-7H2,(H,13,14)(H,19,20)(H,15,16,17)/t8-,9+/m0/s1. The van der Waals surface area contributed by atoms with Crippen LogP contribution in [0.15, 0.2) is 18.6 Å². The molecular weight excluding hydrogens is 260 g/mol. The third-order valence-corrected chi connectivity index (χ3v) is 3.70. The fraction of sp³-hybridized carbons (Fsp3) is 0.500. The Kier molecular flexibility index (Phi) is 3.46. The monoisotopic (exact) mass is 276 g/mol. The molecule has 1 fully saturated rings. The highest BCUT2D eigenvalue weighted by Gasteiger charge is 2.36. The quantitative estimate of drug-likeness (QED) is 0.720. The van der Waals surface area contributed by atoms with Crippen molar-refractivity contribution >= 4 is 5.97 Å². The third-order valence-electron chi connectivity index (χ3n) is 3.70. The molecular formula is C12H16N6O2. The minimum atomic E-state index is -0.775. The molecule has 1 aliphatic rings. The lowest BCUT2D eigenvalue weighted by molar-refractivity contribution is -0.138. The van der Waals surface area contributed by atoms with Crippen molar-refractivity contribution in [2.45, 2.75) is 18.9 Å². The van der Waals surface area contributed by atoms with E-state index in [2.05, 4.69) is 30.3 Å². The second-order valence-electron chi connectivity index (χ2n) is 5.09. The van der Waals surface area contributed by atoms with Gasteiger partial charge in [0.25, 0.3) is 0 Å². The number of carboxylic acids is 1. The number of hydrogen-bond donors (Lipinski definition) is 3. The van der Waals surface area contributed by atoms with Gasteiger partial charge in [0.15, 0.2) is 0 Å². The molecule has 0 bridgehead atoms. The zero-order chi connectivity index (χ0) is 13.9. The summed E-state index contributed by atoms with van der Waals surface area (Å²) in [5, 5.41) is 19.6. The lowest BCUT2D eigenvalue weighted by Crippen LogP contribution is -2.21. The van der Waals surface area contributed by atoms with Gasteiger partial charge in [-0.05, 0) is 5.92 Å². The molecule has 3 heterocycles. The minimum absolute atomic E-state index is 0.0487. The summed E-state index contributed by atoms with van der Waals surface area (Å²) < 4.78 is 0. The van der Waals surface area contributed by atoms with Gasteiger partial charge in [-0.3, -0.25) is 9.69 Å². The van der Waals surface area contributed by atoms with Gasteiger partial charge >= 0.3 is 5.97 Å². The smallest absolute Gasteiger partial charge is 0.303 e. The van der Waals surface area contributed by atoms with Gasteiger partial charge < -0.3 is 10.1 Å². The summed E-state index contributed by atoms with van der Waals surface area (Å²) in [5.74, 6) is 0.260. The number of imidazole rings is 1. The lowest BCUT2D eigenvalue weighted by Gasteiger charge is -2.13. The second-order valence-corrected chi connectivity index (χ2v) is 5.09. The topological polar surface area (TPSA) is 111 Å². The van der Waals surface area contributed by atoms with Crippen molar-refractivity contribution in [2.24, 2.45) is 5.92 Å². The van der Waals surface area contributed by atoms with E-state index < -0.39 is 5.97 Å². The Balaban J connectivity index is 1.72. The summed E-state index contributed by atoms with van der Waals surface area (Å²) in [6, 6.07) is 0. The molecule has 3 rings (SSSR count). The normalized spacial score (nSPS) is 23.2. The molecule has 2 aromatic rings. The highest BCUT2D eigenvalue weighted by Crippen LogP contribution is 2.33. The number of aliphatic carboxylic acids is 1. The minimum Gasteiger partial charge on any atom is -0.481 e. The summed E-state index contributed by atoms with van der Waals surface area (Å²) in [5.41, 5.74) is 0.832. The van der Waals surface area contributed by atoms with Gasteiger partial charge in [-0.25, -0.2) is 4.98 Å². The van der Waals surface area contributed by atoms with Gasteiger partial charge in [-0.1, -0.05) is 0 Å². The van der Waals surface area contributed by atoms with Crippen LogP contribution < -0.4 is 0 Å². The summed E-state index contributed by atoms with van der Waals surface area (Å²) in [7, 11) is 0. The molecule has 20 heavy (non-hydrogen) atoms. The predicted molar refractivity (Wildman–Crippen MR) is 68.7 cm³/mol. The van der Waals surface area contributed by atoms with E-state index in [1.54, 1.807) is 18.6 Å². The molecule has 3 N–H and O–H groups in total. The average Bonchev–Trinajstić information content (AvgIpc) is 3.10. The molecule has 0 amide bonds. The molecule has 0 saturated carbocycles. The number of aromatic nitrogens is 5. The first-order chi connectivity index (χ1) is 9.72. The van der Waals surface area contributed by atoms with Crippen LogP contribution in [0.25, 0.3) is 0 Å². The fourth-order valence-corrected chi connectivity index (χ4v) is 2.84. The van der Waals surface area contributed by atoms with Crippen LogP contribution in [0, 0.1) is 5.92 Å². The Morgan fingerprint density at radius 3 is 3.05 bits per heavy atom. The van der Waals surface area contributed by atoms with E-state index in [-0.39, 0.29) is 18.3 Å². The maximum Gasteiger partial charge on any atom is 0.303 e. The maximum absolute atomic E-state index is 11.0. The number of carboxylic acid groups (broad SMARTS) is 1. The molecule has 1 saturated heterocycles. The predicted octanol–water partition coefficient (Wildman–Crippen LogP) is 0.218. The van der Waals surface area contributed by atoms with Crippen molar-refractivity contribution in [3.8, 4) is 0 Å². The first-order valence-corrected chi connectivity index (χ1v) is 6.50. The summed E-state index contributed by atoms with van der Waals surface area (Å²) in [6.07, 6.45) is 5.33. The van der Waals surface area contributed by atoms with Crippen LogP contribution in [-0.2, 0) is 11.3 Å². The van der Waals surface area contributed by atoms with Gasteiger partial charge in [0, 0.05) is 31.4 Å². The molecule has 2 aromatic heterocycles. The molecule has 0 unspecified atom stereocenters. The SMILES string of the molecule is O=C(O)C[C@H]1CN(Cc2ncc[nH]2)C[C@H]1c1cn[nH]n1. The molecule has 8 heteroatoms. The van der Waals surface area contributed by atoms with E-state index in [9.17, 15) is 4.79 Å². The van der Waals surface area contributed by atoms with Gasteiger partial charge in [0.1, 0.15) is 5.82 Å². The van der Waals surface area contributed by atoms with Crippen molar-refractivity contribution in [1.29, 1.82) is 0 Å². The van der Waals surface area contributed by atoms with E-state index in [1.165, 1.54) is 0 Å². The van der Waals surface area contributed by atoms with Crippen LogP contribution >= 0.6 is 0 Å². The maximum atomic E-state index is 11.0. The van der Waals surface area contributed by atoms with E-state index in [0.29, 0.717) is 6.54 Å². The van der Waals surface area contributed by atoms with Crippen LogP contribution in [0.5, 0.6) is 0 Å². The number of nitrogens with one attached hydrogen (secondary N) is 2. The number of aromatic amines is 2. The second kappa shape index (κ2) is 5.41. The van der Waals surface area contributed by atoms with Crippen molar-refractivity contribution in [3.05, 3.63) is 30.1 Å². The Morgan fingerprint density at radius 1 is 1.50 bits per heavy atom. The number of rotatable bonds is 5. The van der Waals surface area contributed by atoms with Gasteiger partial charge in [-0.15, -0.1) is 0 Å². The Bertz CT molecular complexity index is 553. The highest BCUT2D eigenvalue weighted by molar-refractivity contribution is 5.67. The summed E-state index contributed by atoms with van der Waals surface area (Å²) >= 11 is 0. The molecule has 106 valence electrons. The first kappa shape index (κ1) is 12.8. The van der Waals surface area contributed by atoms with E-state index in [1.807, 2.05) is 0 Å². The van der Waals surface area contributed by atoms with Crippen molar-refractivity contribution in [2.75, 3.05) is 13.1 Å². The van der Waals surface area contributed by atoms with Gasteiger partial charge in [0.2, 0.25) is 0 Å². The molecule has 0 spiro atoms. The van der Waals surface area contributed by atoms with E-state index in [0.717, 1.165) is 24.6 Å².